The molecule has 0 bridgehead atoms. The zero-order valence-electron chi connectivity index (χ0n) is 13.2. The molecule has 23 heavy (non-hydrogen) atoms. The van der Waals surface area contributed by atoms with Gasteiger partial charge >= 0.3 is 0 Å². The van der Waals surface area contributed by atoms with Gasteiger partial charge in [0.15, 0.2) is 11.5 Å². The van der Waals surface area contributed by atoms with Gasteiger partial charge in [0.2, 0.25) is 0 Å². The number of ether oxygens (including phenoxy) is 2. The van der Waals surface area contributed by atoms with Gasteiger partial charge in [-0.2, -0.15) is 0 Å². The Bertz CT molecular complexity index is 742. The van der Waals surface area contributed by atoms with Crippen LogP contribution in [0.4, 0.5) is 0 Å². The molecule has 5 nitrogen and oxygen atoms in total. The second kappa shape index (κ2) is 6.20. The number of hydrogen-bond donors (Lipinski definition) is 1. The number of phenolic OH excluding ortho intramolecular Hbond substituents is 1. The molecule has 0 unspecified atom stereocenters. The molecule has 0 aromatic heterocycles. The average molecular weight is 313 g/mol. The fourth-order valence-corrected chi connectivity index (χ4v) is 2.94. The van der Waals surface area contributed by atoms with Gasteiger partial charge in [-0.3, -0.25) is 4.79 Å². The van der Waals surface area contributed by atoms with E-state index < -0.39 is 0 Å². The largest absolute Gasteiger partial charge is 0.508 e. The van der Waals surface area contributed by atoms with Crippen molar-refractivity contribution in [2.75, 3.05) is 20.8 Å². The van der Waals surface area contributed by atoms with Crippen LogP contribution in [0.25, 0.3) is 0 Å². The Morgan fingerprint density at radius 1 is 1.13 bits per heavy atom. The molecule has 0 fully saturated rings. The van der Waals surface area contributed by atoms with Gasteiger partial charge in [0, 0.05) is 13.1 Å². The number of phenols is 1. The summed E-state index contributed by atoms with van der Waals surface area (Å²) >= 11 is 0. The van der Waals surface area contributed by atoms with Crippen LogP contribution >= 0.6 is 0 Å². The molecule has 0 aliphatic carbocycles. The zero-order valence-corrected chi connectivity index (χ0v) is 13.2. The third-order valence-electron chi connectivity index (χ3n) is 4.12. The van der Waals surface area contributed by atoms with Crippen molar-refractivity contribution in [3.8, 4) is 17.2 Å². The highest BCUT2D eigenvalue weighted by atomic mass is 16.5. The number of fused-ring (bicyclic) bond motifs is 1. The first-order valence-electron chi connectivity index (χ1n) is 7.45. The molecule has 0 saturated carbocycles. The van der Waals surface area contributed by atoms with Crippen molar-refractivity contribution in [2.45, 2.75) is 13.0 Å². The van der Waals surface area contributed by atoms with E-state index in [0.29, 0.717) is 30.2 Å². The number of para-hydroxylation sites is 1. The van der Waals surface area contributed by atoms with Crippen molar-refractivity contribution < 1.29 is 19.4 Å². The maximum Gasteiger partial charge on any atom is 0.258 e. The van der Waals surface area contributed by atoms with Gasteiger partial charge in [-0.25, -0.2) is 0 Å². The van der Waals surface area contributed by atoms with E-state index in [-0.39, 0.29) is 11.7 Å². The number of benzene rings is 2. The summed E-state index contributed by atoms with van der Waals surface area (Å²) in [5.41, 5.74) is 2.64. The van der Waals surface area contributed by atoms with Crippen LogP contribution in [-0.2, 0) is 13.0 Å². The number of carbonyl (C=O) groups is 1. The molecule has 0 atom stereocenters. The molecule has 0 saturated heterocycles. The van der Waals surface area contributed by atoms with Crippen LogP contribution in [0.15, 0.2) is 36.4 Å². The number of amides is 1. The van der Waals surface area contributed by atoms with Crippen molar-refractivity contribution in [3.63, 3.8) is 0 Å². The summed E-state index contributed by atoms with van der Waals surface area (Å²) < 4.78 is 10.6. The second-order valence-electron chi connectivity index (χ2n) is 5.47. The minimum atomic E-state index is -0.0838. The van der Waals surface area contributed by atoms with Crippen LogP contribution in [0.1, 0.15) is 21.5 Å². The fourth-order valence-electron chi connectivity index (χ4n) is 2.94. The third-order valence-corrected chi connectivity index (χ3v) is 4.12. The minimum Gasteiger partial charge on any atom is -0.508 e. The van der Waals surface area contributed by atoms with Gasteiger partial charge in [0.25, 0.3) is 5.91 Å². The molecule has 0 radical (unpaired) electrons. The van der Waals surface area contributed by atoms with Crippen LogP contribution in [0.2, 0.25) is 0 Å². The van der Waals surface area contributed by atoms with E-state index in [2.05, 4.69) is 0 Å². The molecule has 120 valence electrons. The van der Waals surface area contributed by atoms with Crippen LogP contribution in [-0.4, -0.2) is 36.7 Å². The van der Waals surface area contributed by atoms with Crippen LogP contribution in [0.3, 0.4) is 0 Å². The van der Waals surface area contributed by atoms with Crippen molar-refractivity contribution in [1.29, 1.82) is 0 Å². The molecule has 1 aliphatic heterocycles. The van der Waals surface area contributed by atoms with Crippen molar-refractivity contribution in [2.24, 2.45) is 0 Å². The van der Waals surface area contributed by atoms with E-state index in [1.54, 1.807) is 42.3 Å². The van der Waals surface area contributed by atoms with E-state index >= 15 is 0 Å². The molecule has 2 aromatic rings. The number of hydrogen-bond acceptors (Lipinski definition) is 4. The molecule has 1 N–H and O–H groups in total. The first-order chi connectivity index (χ1) is 11.1. The standard InChI is InChI=1S/C18H19NO4/c1-22-16-5-3-4-15(17(16)23-2)18(21)19-9-8-12-10-14(20)7-6-13(12)11-19/h3-7,10,20H,8-9,11H2,1-2H3. The summed E-state index contributed by atoms with van der Waals surface area (Å²) in [5.74, 6) is 1.18. The van der Waals surface area contributed by atoms with Crippen LogP contribution in [0, 0.1) is 0 Å². The number of nitrogens with zero attached hydrogens (tertiary/aromatic N) is 1. The number of methoxy groups -OCH3 is 2. The van der Waals surface area contributed by atoms with E-state index in [1.807, 2.05) is 6.07 Å². The Hall–Kier alpha value is -2.69. The molecule has 1 amide bonds. The Morgan fingerprint density at radius 2 is 1.96 bits per heavy atom. The SMILES string of the molecule is COc1cccc(C(=O)N2CCc3cc(O)ccc3C2)c1OC. The highest BCUT2D eigenvalue weighted by Crippen LogP contribution is 2.32. The lowest BCUT2D eigenvalue weighted by molar-refractivity contribution is 0.0730. The highest BCUT2D eigenvalue weighted by molar-refractivity contribution is 5.98. The molecule has 0 spiro atoms. The Morgan fingerprint density at radius 3 is 2.70 bits per heavy atom. The second-order valence-corrected chi connectivity index (χ2v) is 5.47. The lowest BCUT2D eigenvalue weighted by atomic mass is 9.98. The predicted molar refractivity (Wildman–Crippen MR) is 86.1 cm³/mol. The lowest BCUT2D eigenvalue weighted by Crippen LogP contribution is -2.36. The molecule has 1 heterocycles. The Balaban J connectivity index is 1.89. The average Bonchev–Trinajstić information content (AvgIpc) is 2.59. The highest BCUT2D eigenvalue weighted by Gasteiger charge is 2.25. The molecule has 2 aromatic carbocycles. The Labute approximate surface area is 135 Å². The first-order valence-corrected chi connectivity index (χ1v) is 7.45. The molecule has 3 rings (SSSR count). The summed E-state index contributed by atoms with van der Waals surface area (Å²) in [5, 5.41) is 9.56. The van der Waals surface area contributed by atoms with Crippen LogP contribution in [0.5, 0.6) is 17.2 Å². The van der Waals surface area contributed by atoms with E-state index in [1.165, 1.54) is 7.11 Å². The monoisotopic (exact) mass is 313 g/mol. The van der Waals surface area contributed by atoms with Gasteiger partial charge in [-0.05, 0) is 41.8 Å². The normalized spacial score (nSPS) is 13.4. The molecular weight excluding hydrogens is 294 g/mol. The maximum absolute atomic E-state index is 12.9. The summed E-state index contributed by atoms with van der Waals surface area (Å²) in [4.78, 5) is 14.7. The fraction of sp³-hybridized carbons (Fsp3) is 0.278. The number of rotatable bonds is 3. The smallest absolute Gasteiger partial charge is 0.258 e. The molecule has 1 aliphatic rings. The van der Waals surface area contributed by atoms with Crippen LogP contribution < -0.4 is 9.47 Å². The lowest BCUT2D eigenvalue weighted by Gasteiger charge is -2.29. The van der Waals surface area contributed by atoms with Gasteiger partial charge in [-0.1, -0.05) is 12.1 Å². The summed E-state index contributed by atoms with van der Waals surface area (Å²) in [7, 11) is 3.08. The molecule has 5 heteroatoms. The topological polar surface area (TPSA) is 59.0 Å². The van der Waals surface area contributed by atoms with E-state index in [0.717, 1.165) is 17.5 Å². The Kier molecular flexibility index (Phi) is 4.10. The zero-order chi connectivity index (χ0) is 16.4. The van der Waals surface area contributed by atoms with Crippen molar-refractivity contribution in [3.05, 3.63) is 53.1 Å². The maximum atomic E-state index is 12.9. The number of aromatic hydroxyl groups is 1. The molecular formula is C18H19NO4. The van der Waals surface area contributed by atoms with Crippen molar-refractivity contribution >= 4 is 5.91 Å². The number of carbonyl (C=O) groups excluding carboxylic acids is 1. The summed E-state index contributed by atoms with van der Waals surface area (Å²) in [6.45, 7) is 1.13. The van der Waals surface area contributed by atoms with E-state index in [9.17, 15) is 9.90 Å². The van der Waals surface area contributed by atoms with Gasteiger partial charge in [-0.15, -0.1) is 0 Å². The quantitative estimate of drug-likeness (QED) is 0.946. The predicted octanol–water partition coefficient (Wildman–Crippen LogP) is 2.61. The summed E-state index contributed by atoms with van der Waals surface area (Å²) in [6.07, 6.45) is 0.724. The van der Waals surface area contributed by atoms with Gasteiger partial charge in [0.05, 0.1) is 19.8 Å². The first kappa shape index (κ1) is 15.2. The van der Waals surface area contributed by atoms with E-state index in [4.69, 9.17) is 9.47 Å². The third kappa shape index (κ3) is 2.82. The van der Waals surface area contributed by atoms with Gasteiger partial charge in [0.1, 0.15) is 5.75 Å². The minimum absolute atomic E-state index is 0.0838. The van der Waals surface area contributed by atoms with Gasteiger partial charge < -0.3 is 19.5 Å². The van der Waals surface area contributed by atoms with Crippen molar-refractivity contribution in [1.82, 2.24) is 4.90 Å². The summed E-state index contributed by atoms with van der Waals surface area (Å²) in [6, 6.07) is 10.6.